The number of amidine groups is 1. The van der Waals surface area contributed by atoms with Crippen molar-refractivity contribution in [3.05, 3.63) is 48.6 Å². The number of rotatable bonds is 8. The van der Waals surface area contributed by atoms with Gasteiger partial charge in [-0.05, 0) is 25.2 Å². The Hall–Kier alpha value is -3.00. The van der Waals surface area contributed by atoms with Gasteiger partial charge in [-0.1, -0.05) is 57.7 Å². The summed E-state index contributed by atoms with van der Waals surface area (Å²) < 4.78 is 0. The molecule has 2 unspecified atom stereocenters. The first-order valence-electron chi connectivity index (χ1n) is 9.46. The first-order valence-corrected chi connectivity index (χ1v) is 9.46. The Kier molecular flexibility index (Phi) is 10.9. The van der Waals surface area contributed by atoms with Crippen LogP contribution in [0.5, 0.6) is 0 Å². The lowest BCUT2D eigenvalue weighted by atomic mass is 10.1. The van der Waals surface area contributed by atoms with E-state index < -0.39 is 0 Å². The molecule has 0 spiro atoms. The largest absolute Gasteiger partial charge is 0.385 e. The summed E-state index contributed by atoms with van der Waals surface area (Å²) in [5, 5.41) is 7.21. The standard InChI is InChI=1S/C18H26N8.C2H6/c1-4-11-22-23-13-21-15-16(19)24-18(25-17(15)26(3)5-2)20-12-14-9-7-6-8-10-14;1-2/h4,6-11,13,15,17H,1,5,12H2,2-3H3,(H,21,23)(H3,19,20,24,25);1-2H3/b22-11-;. The molecule has 0 fully saturated rings. The molecule has 0 bridgehead atoms. The number of nitrogens with two attached hydrogens (primary N) is 1. The molecule has 0 amide bonds. The summed E-state index contributed by atoms with van der Waals surface area (Å²) in [6.45, 7) is 11.0. The fourth-order valence-electron chi connectivity index (χ4n) is 2.37. The third-order valence-corrected chi connectivity index (χ3v) is 3.89. The van der Waals surface area contributed by atoms with Crippen LogP contribution in [-0.2, 0) is 6.54 Å². The van der Waals surface area contributed by atoms with Gasteiger partial charge >= 0.3 is 0 Å². The van der Waals surface area contributed by atoms with Crippen LogP contribution in [0.25, 0.3) is 0 Å². The maximum Gasteiger partial charge on any atom is 0.221 e. The molecule has 4 N–H and O–H groups in total. The van der Waals surface area contributed by atoms with E-state index in [0.29, 0.717) is 18.3 Å². The highest BCUT2D eigenvalue weighted by molar-refractivity contribution is 6.01. The molecule has 1 aromatic carbocycles. The molecule has 0 aliphatic carbocycles. The molecule has 152 valence electrons. The first-order chi connectivity index (χ1) is 13.7. The number of benzene rings is 1. The van der Waals surface area contributed by atoms with Crippen LogP contribution in [0, 0.1) is 0 Å². The van der Waals surface area contributed by atoms with Gasteiger partial charge in [0, 0.05) is 6.21 Å². The molecule has 2 atom stereocenters. The number of guanidine groups is 1. The highest BCUT2D eigenvalue weighted by Gasteiger charge is 2.32. The average molecular weight is 385 g/mol. The van der Waals surface area contributed by atoms with Gasteiger partial charge in [-0.2, -0.15) is 10.1 Å². The van der Waals surface area contributed by atoms with Crippen LogP contribution >= 0.6 is 0 Å². The van der Waals surface area contributed by atoms with Gasteiger partial charge in [0.15, 0.2) is 0 Å². The number of hydrogen-bond acceptors (Lipinski definition) is 5. The smallest absolute Gasteiger partial charge is 0.221 e. The molecule has 0 saturated heterocycles. The van der Waals surface area contributed by atoms with Gasteiger partial charge in [0.1, 0.15) is 24.4 Å². The quantitative estimate of drug-likeness (QED) is 0.362. The SMILES string of the molecule is C=C/C=N\NC=NC1C(N)=NC(=NCc2ccccc2)NC1N(C)CC.CC. The van der Waals surface area contributed by atoms with Crippen LogP contribution in [0.3, 0.4) is 0 Å². The van der Waals surface area contributed by atoms with Crippen molar-refractivity contribution in [3.8, 4) is 0 Å². The third-order valence-electron chi connectivity index (χ3n) is 3.89. The van der Waals surface area contributed by atoms with Gasteiger partial charge in [0.05, 0.1) is 6.54 Å². The van der Waals surface area contributed by atoms with E-state index in [-0.39, 0.29) is 12.2 Å². The summed E-state index contributed by atoms with van der Waals surface area (Å²) in [6, 6.07) is 9.66. The van der Waals surface area contributed by atoms with Crippen molar-refractivity contribution in [3.63, 3.8) is 0 Å². The molecule has 1 heterocycles. The van der Waals surface area contributed by atoms with Crippen molar-refractivity contribution in [1.82, 2.24) is 15.6 Å². The summed E-state index contributed by atoms with van der Waals surface area (Å²) in [5.41, 5.74) is 9.99. The van der Waals surface area contributed by atoms with Gasteiger partial charge in [-0.15, -0.1) is 0 Å². The lowest BCUT2D eigenvalue weighted by Gasteiger charge is -2.35. The molecule has 1 aliphatic heterocycles. The van der Waals surface area contributed by atoms with Crippen LogP contribution in [0.15, 0.2) is 63.1 Å². The lowest BCUT2D eigenvalue weighted by Crippen LogP contribution is -2.60. The van der Waals surface area contributed by atoms with Gasteiger partial charge in [-0.25, -0.2) is 4.99 Å². The second kappa shape index (κ2) is 13.2. The topological polar surface area (TPSA) is 103 Å². The monoisotopic (exact) mass is 384 g/mol. The molecular formula is C20H32N8. The highest BCUT2D eigenvalue weighted by Crippen LogP contribution is 2.10. The summed E-state index contributed by atoms with van der Waals surface area (Å²) in [4.78, 5) is 15.5. The van der Waals surface area contributed by atoms with E-state index in [1.807, 2.05) is 51.2 Å². The van der Waals surface area contributed by atoms with Crippen molar-refractivity contribution >= 4 is 24.3 Å². The Labute approximate surface area is 168 Å². The van der Waals surface area contributed by atoms with E-state index in [1.54, 1.807) is 6.08 Å². The van der Waals surface area contributed by atoms with Crippen LogP contribution in [-0.4, -0.2) is 55.0 Å². The predicted molar refractivity (Wildman–Crippen MR) is 120 cm³/mol. The van der Waals surface area contributed by atoms with Crippen LogP contribution in [0.4, 0.5) is 0 Å². The second-order valence-corrected chi connectivity index (χ2v) is 5.69. The van der Waals surface area contributed by atoms with E-state index in [0.717, 1.165) is 12.1 Å². The normalized spacial score (nSPS) is 20.6. The van der Waals surface area contributed by atoms with E-state index >= 15 is 0 Å². The fourth-order valence-corrected chi connectivity index (χ4v) is 2.37. The minimum Gasteiger partial charge on any atom is -0.385 e. The Morgan fingerprint density at radius 1 is 1.32 bits per heavy atom. The zero-order chi connectivity index (χ0) is 20.8. The Balaban J connectivity index is 0.00000190. The summed E-state index contributed by atoms with van der Waals surface area (Å²) in [5.74, 6) is 0.923. The number of aliphatic imine (C=N–C) groups is 3. The van der Waals surface area contributed by atoms with Crippen LogP contribution < -0.4 is 16.5 Å². The minimum atomic E-state index is -0.345. The maximum absolute atomic E-state index is 6.17. The molecule has 28 heavy (non-hydrogen) atoms. The van der Waals surface area contributed by atoms with E-state index in [4.69, 9.17) is 5.73 Å². The number of hydrazone groups is 1. The maximum atomic E-state index is 6.17. The van der Waals surface area contributed by atoms with Crippen LogP contribution in [0.2, 0.25) is 0 Å². The van der Waals surface area contributed by atoms with Gasteiger partial charge in [-0.3, -0.25) is 15.3 Å². The van der Waals surface area contributed by atoms with Gasteiger partial charge < -0.3 is 11.1 Å². The zero-order valence-electron chi connectivity index (χ0n) is 17.2. The second-order valence-electron chi connectivity index (χ2n) is 5.69. The first kappa shape index (κ1) is 23.0. The summed E-state index contributed by atoms with van der Waals surface area (Å²) >= 11 is 0. The molecule has 8 nitrogen and oxygen atoms in total. The molecule has 1 aromatic rings. The molecule has 0 saturated carbocycles. The number of likely N-dealkylation sites (N-methyl/N-ethyl adjacent to an activating group) is 1. The van der Waals surface area contributed by atoms with E-state index in [2.05, 4.69) is 49.2 Å². The van der Waals surface area contributed by atoms with Gasteiger partial charge in [0.25, 0.3) is 0 Å². The molecule has 0 aromatic heterocycles. The van der Waals surface area contributed by atoms with Crippen molar-refractivity contribution in [1.29, 1.82) is 0 Å². The lowest BCUT2D eigenvalue weighted by molar-refractivity contribution is 0.224. The Morgan fingerprint density at radius 2 is 2.04 bits per heavy atom. The number of hydrogen-bond donors (Lipinski definition) is 3. The zero-order valence-corrected chi connectivity index (χ0v) is 17.2. The molecule has 2 rings (SSSR count). The van der Waals surface area contributed by atoms with E-state index in [1.165, 1.54) is 12.6 Å². The molecule has 0 radical (unpaired) electrons. The average Bonchev–Trinajstić information content (AvgIpc) is 2.74. The summed E-state index contributed by atoms with van der Waals surface area (Å²) in [7, 11) is 2.00. The van der Waals surface area contributed by atoms with Crippen molar-refractivity contribution < 1.29 is 0 Å². The Morgan fingerprint density at radius 3 is 2.68 bits per heavy atom. The van der Waals surface area contributed by atoms with Crippen LogP contribution in [0.1, 0.15) is 26.3 Å². The fraction of sp³-hybridized carbons (Fsp3) is 0.400. The molecule has 8 heteroatoms. The van der Waals surface area contributed by atoms with Crippen molar-refractivity contribution in [2.75, 3.05) is 13.6 Å². The predicted octanol–water partition coefficient (Wildman–Crippen LogP) is 1.97. The highest BCUT2D eigenvalue weighted by atomic mass is 15.4. The van der Waals surface area contributed by atoms with Crippen molar-refractivity contribution in [2.24, 2.45) is 25.8 Å². The van der Waals surface area contributed by atoms with E-state index in [9.17, 15) is 0 Å². The number of nitrogens with one attached hydrogen (secondary N) is 2. The van der Waals surface area contributed by atoms with Crippen molar-refractivity contribution in [2.45, 2.75) is 39.5 Å². The molecular weight excluding hydrogens is 352 g/mol. The molecule has 1 aliphatic rings. The number of allylic oxidation sites excluding steroid dienone is 1. The minimum absolute atomic E-state index is 0.145. The van der Waals surface area contributed by atoms with Gasteiger partial charge in [0.2, 0.25) is 5.96 Å². The number of nitrogens with zero attached hydrogens (tertiary/aromatic N) is 5. The summed E-state index contributed by atoms with van der Waals surface area (Å²) in [6.07, 6.45) is 4.46. The Bertz CT molecular complexity index is 693. The third kappa shape index (κ3) is 7.32.